The van der Waals surface area contributed by atoms with E-state index in [4.69, 9.17) is 4.98 Å². The Bertz CT molecular complexity index is 1460. The van der Waals surface area contributed by atoms with Gasteiger partial charge in [0.15, 0.2) is 0 Å². The molecular formula is C31H37FN6OS. The molecule has 9 heteroatoms. The molecule has 4 aromatic rings. The summed E-state index contributed by atoms with van der Waals surface area (Å²) in [5.41, 5.74) is 5.00. The van der Waals surface area contributed by atoms with E-state index in [9.17, 15) is 8.60 Å². The van der Waals surface area contributed by atoms with Gasteiger partial charge in [0.25, 0.3) is 0 Å². The van der Waals surface area contributed by atoms with E-state index in [0.717, 1.165) is 46.0 Å². The van der Waals surface area contributed by atoms with E-state index >= 15 is 0 Å². The van der Waals surface area contributed by atoms with Gasteiger partial charge in [-0.05, 0) is 73.8 Å². The fourth-order valence-electron chi connectivity index (χ4n) is 5.35. The SMILES string of the molecule is CC(C)c1cc(-c2ccc(NS(=O)Cc3ccccc3)nc2)cc2cnc(N[C@H]3CC[C@H](N(C)C)C(F)C3)nc12. The van der Waals surface area contributed by atoms with E-state index in [1.54, 1.807) is 6.20 Å². The molecule has 2 unspecified atom stereocenters. The van der Waals surface area contributed by atoms with Crippen LogP contribution in [0.15, 0.2) is 67.0 Å². The number of halogens is 1. The lowest BCUT2D eigenvalue weighted by Gasteiger charge is -2.35. The second kappa shape index (κ2) is 12.4. The molecule has 1 saturated carbocycles. The Morgan fingerprint density at radius 2 is 1.82 bits per heavy atom. The second-order valence-electron chi connectivity index (χ2n) is 11.1. The number of nitrogens with one attached hydrogen (secondary N) is 2. The zero-order valence-corrected chi connectivity index (χ0v) is 24.3. The molecule has 2 aromatic heterocycles. The maximum absolute atomic E-state index is 14.7. The average molecular weight is 561 g/mol. The number of benzene rings is 2. The highest BCUT2D eigenvalue weighted by Gasteiger charge is 2.32. The Morgan fingerprint density at radius 3 is 2.50 bits per heavy atom. The normalized spacial score (nSPS) is 20.1. The van der Waals surface area contributed by atoms with E-state index in [2.05, 4.69) is 46.0 Å². The third kappa shape index (κ3) is 6.64. The summed E-state index contributed by atoms with van der Waals surface area (Å²) < 4.78 is 30.2. The summed E-state index contributed by atoms with van der Waals surface area (Å²) >= 11 is 0. The lowest BCUT2D eigenvalue weighted by molar-refractivity contribution is 0.109. The number of anilines is 2. The fraction of sp³-hybridized carbons (Fsp3) is 0.387. The van der Waals surface area contributed by atoms with E-state index in [0.29, 0.717) is 23.9 Å². The topological polar surface area (TPSA) is 83.0 Å². The standard InChI is InChI=1S/C31H37FN6OS/c1-20(2)26-15-23(22-10-13-29(33-17-22)37-40(39)19-21-8-6-5-7-9-21)14-24-18-34-31(36-30(24)26)35-25-11-12-28(38(3)4)27(32)16-25/h5-10,13-15,17-18,20,25,27-28H,11-12,16,19H2,1-4H3,(H,33,37)(H,34,35,36)/t25-,27?,28-,40?/m0/s1. The smallest absolute Gasteiger partial charge is 0.223 e. The number of hydrogen-bond donors (Lipinski definition) is 2. The molecule has 0 saturated heterocycles. The lowest BCUT2D eigenvalue weighted by atomic mass is 9.89. The summed E-state index contributed by atoms with van der Waals surface area (Å²) in [4.78, 5) is 15.9. The van der Waals surface area contributed by atoms with E-state index < -0.39 is 17.2 Å². The Morgan fingerprint density at radius 1 is 1.02 bits per heavy atom. The Kier molecular flexibility index (Phi) is 8.71. The van der Waals surface area contributed by atoms with Crippen LogP contribution in [0.4, 0.5) is 16.2 Å². The number of hydrogen-bond acceptors (Lipinski definition) is 6. The highest BCUT2D eigenvalue weighted by atomic mass is 32.2. The molecule has 2 N–H and O–H groups in total. The number of nitrogens with zero attached hydrogens (tertiary/aromatic N) is 4. The van der Waals surface area contributed by atoms with Crippen LogP contribution < -0.4 is 10.0 Å². The van der Waals surface area contributed by atoms with Crippen molar-refractivity contribution in [2.45, 2.75) is 63.0 Å². The van der Waals surface area contributed by atoms with Gasteiger partial charge in [0, 0.05) is 41.8 Å². The molecule has 40 heavy (non-hydrogen) atoms. The van der Waals surface area contributed by atoms with Crippen molar-refractivity contribution in [2.24, 2.45) is 0 Å². The Hall–Kier alpha value is -3.43. The Labute approximate surface area is 238 Å². The van der Waals surface area contributed by atoms with Crippen LogP contribution in [0.25, 0.3) is 22.0 Å². The van der Waals surface area contributed by atoms with Gasteiger partial charge in [0.1, 0.15) is 23.0 Å². The van der Waals surface area contributed by atoms with Gasteiger partial charge >= 0.3 is 0 Å². The van der Waals surface area contributed by atoms with E-state index in [1.165, 1.54) is 0 Å². The Balaban J connectivity index is 1.32. The summed E-state index contributed by atoms with van der Waals surface area (Å²) in [6.45, 7) is 4.30. The van der Waals surface area contributed by atoms with Gasteiger partial charge in [0.2, 0.25) is 5.95 Å². The van der Waals surface area contributed by atoms with Crippen LogP contribution in [0.3, 0.4) is 0 Å². The van der Waals surface area contributed by atoms with Crippen LogP contribution in [0.2, 0.25) is 0 Å². The monoisotopic (exact) mass is 560 g/mol. The highest BCUT2D eigenvalue weighted by molar-refractivity contribution is 7.85. The molecule has 0 amide bonds. The van der Waals surface area contributed by atoms with E-state index in [-0.39, 0.29) is 18.0 Å². The number of pyridine rings is 1. The van der Waals surface area contributed by atoms with Gasteiger partial charge in [-0.1, -0.05) is 44.2 Å². The first-order valence-electron chi connectivity index (χ1n) is 13.8. The van der Waals surface area contributed by atoms with Crippen LogP contribution in [-0.2, 0) is 16.7 Å². The fourth-order valence-corrected chi connectivity index (χ4v) is 6.27. The summed E-state index contributed by atoms with van der Waals surface area (Å²) in [7, 11) is 2.61. The average Bonchev–Trinajstić information content (AvgIpc) is 2.93. The van der Waals surface area contributed by atoms with Crippen LogP contribution >= 0.6 is 0 Å². The van der Waals surface area contributed by atoms with Gasteiger partial charge in [0.05, 0.1) is 11.3 Å². The van der Waals surface area contributed by atoms with Crippen LogP contribution in [-0.4, -0.2) is 56.4 Å². The van der Waals surface area contributed by atoms with Crippen molar-refractivity contribution in [1.29, 1.82) is 0 Å². The van der Waals surface area contributed by atoms with Crippen molar-refractivity contribution in [3.05, 3.63) is 78.1 Å². The zero-order valence-electron chi connectivity index (χ0n) is 23.5. The van der Waals surface area contributed by atoms with Crippen LogP contribution in [0.1, 0.15) is 50.2 Å². The molecule has 0 aliphatic heterocycles. The number of alkyl halides is 1. The van der Waals surface area contributed by atoms with Crippen molar-refractivity contribution in [2.75, 3.05) is 24.1 Å². The van der Waals surface area contributed by atoms with Gasteiger partial charge < -0.3 is 10.2 Å². The van der Waals surface area contributed by atoms with Crippen molar-refractivity contribution in [3.8, 4) is 11.1 Å². The van der Waals surface area contributed by atoms with Gasteiger partial charge in [-0.3, -0.25) is 4.72 Å². The number of aromatic nitrogens is 3. The third-order valence-electron chi connectivity index (χ3n) is 7.52. The zero-order chi connectivity index (χ0) is 28.2. The van der Waals surface area contributed by atoms with E-state index in [1.807, 2.05) is 67.7 Å². The lowest BCUT2D eigenvalue weighted by Crippen LogP contribution is -2.44. The minimum absolute atomic E-state index is 0.0191. The molecular weight excluding hydrogens is 523 g/mol. The highest BCUT2D eigenvalue weighted by Crippen LogP contribution is 2.32. The third-order valence-corrected chi connectivity index (χ3v) is 8.56. The minimum atomic E-state index is -1.27. The molecule has 1 aliphatic rings. The molecule has 0 radical (unpaired) electrons. The van der Waals surface area contributed by atoms with Gasteiger partial charge in [-0.15, -0.1) is 0 Å². The van der Waals surface area contributed by atoms with Crippen molar-refractivity contribution >= 4 is 33.7 Å². The molecule has 2 aromatic carbocycles. The quantitative estimate of drug-likeness (QED) is 0.249. The van der Waals surface area contributed by atoms with Gasteiger partial charge in [-0.2, -0.15) is 0 Å². The van der Waals surface area contributed by atoms with Crippen molar-refractivity contribution in [3.63, 3.8) is 0 Å². The van der Waals surface area contributed by atoms with Gasteiger partial charge in [-0.25, -0.2) is 23.6 Å². The maximum atomic E-state index is 14.7. The first-order valence-corrected chi connectivity index (χ1v) is 15.1. The molecule has 0 spiro atoms. The number of fused-ring (bicyclic) bond motifs is 1. The maximum Gasteiger partial charge on any atom is 0.223 e. The first-order chi connectivity index (χ1) is 19.3. The largest absolute Gasteiger partial charge is 0.351 e. The van der Waals surface area contributed by atoms with Crippen LogP contribution in [0.5, 0.6) is 0 Å². The predicted molar refractivity (Wildman–Crippen MR) is 162 cm³/mol. The molecule has 7 nitrogen and oxygen atoms in total. The molecule has 1 fully saturated rings. The molecule has 1 aliphatic carbocycles. The van der Waals surface area contributed by atoms with Crippen molar-refractivity contribution in [1.82, 2.24) is 19.9 Å². The minimum Gasteiger partial charge on any atom is -0.351 e. The number of rotatable bonds is 9. The molecule has 2 heterocycles. The summed E-state index contributed by atoms with van der Waals surface area (Å²) in [5, 5.41) is 4.33. The van der Waals surface area contributed by atoms with Crippen LogP contribution in [0, 0.1) is 0 Å². The predicted octanol–water partition coefficient (Wildman–Crippen LogP) is 6.32. The molecule has 210 valence electrons. The molecule has 0 bridgehead atoms. The molecule has 5 rings (SSSR count). The second-order valence-corrected chi connectivity index (χ2v) is 12.2. The summed E-state index contributed by atoms with van der Waals surface area (Å²) in [6.07, 6.45) is 4.92. The van der Waals surface area contributed by atoms with Crippen molar-refractivity contribution < 1.29 is 8.60 Å². The summed E-state index contributed by atoms with van der Waals surface area (Å²) in [6, 6.07) is 17.8. The summed E-state index contributed by atoms with van der Waals surface area (Å²) in [5.74, 6) is 1.76. The first kappa shape index (κ1) is 28.1. The molecule has 4 atom stereocenters.